The molecule has 1 aliphatic heterocycles. The highest BCUT2D eigenvalue weighted by Gasteiger charge is 2.10. The lowest BCUT2D eigenvalue weighted by Gasteiger charge is -1.90. The predicted octanol–water partition coefficient (Wildman–Crippen LogP) is -1.25. The Kier molecular flexibility index (Phi) is 1.48. The van der Waals surface area contributed by atoms with Gasteiger partial charge in [-0.05, 0) is 0 Å². The number of allylic oxidation sites excluding steroid dienone is 1. The average molecular weight is 126 g/mol. The van der Waals surface area contributed by atoms with Crippen molar-refractivity contribution in [3.8, 4) is 0 Å². The van der Waals surface area contributed by atoms with Crippen LogP contribution < -0.4 is 10.6 Å². The fourth-order valence-electron chi connectivity index (χ4n) is 0.583. The van der Waals surface area contributed by atoms with E-state index in [4.69, 9.17) is 0 Å². The second-order valence-corrected chi connectivity index (χ2v) is 1.62. The molecular formula is C5H6N2O2. The molecule has 4 heteroatoms. The molecule has 2 N–H and O–H groups in total. The molecule has 48 valence electrons. The standard InChI is InChI=1S/C5H6N2O2/c8-2-1-4-6-3-5(9)7-4/h1-2,6H,3H2,(H,7,9)/b4-1-. The lowest BCUT2D eigenvalue weighted by atomic mass is 10.6. The second-order valence-electron chi connectivity index (χ2n) is 1.62. The molecule has 1 amide bonds. The Hall–Kier alpha value is -1.32. The lowest BCUT2D eigenvalue weighted by molar-refractivity contribution is -0.117. The first kappa shape index (κ1) is 5.81. The third-order valence-electron chi connectivity index (χ3n) is 0.948. The van der Waals surface area contributed by atoms with Crippen LogP contribution in [0.15, 0.2) is 11.9 Å². The summed E-state index contributed by atoms with van der Waals surface area (Å²) in [7, 11) is 0. The first-order valence-corrected chi connectivity index (χ1v) is 2.52. The zero-order chi connectivity index (χ0) is 6.69. The summed E-state index contributed by atoms with van der Waals surface area (Å²) < 4.78 is 0. The zero-order valence-electron chi connectivity index (χ0n) is 4.68. The van der Waals surface area contributed by atoms with Gasteiger partial charge < -0.3 is 10.6 Å². The highest BCUT2D eigenvalue weighted by atomic mass is 16.2. The maximum atomic E-state index is 10.4. The van der Waals surface area contributed by atoms with E-state index in [1.165, 1.54) is 6.08 Å². The van der Waals surface area contributed by atoms with Crippen LogP contribution in [0.2, 0.25) is 0 Å². The third kappa shape index (κ3) is 1.28. The second kappa shape index (κ2) is 2.30. The smallest absolute Gasteiger partial charge is 0.244 e. The fraction of sp³-hybridized carbons (Fsp3) is 0.200. The van der Waals surface area contributed by atoms with Crippen LogP contribution in [0.25, 0.3) is 0 Å². The maximum Gasteiger partial charge on any atom is 0.244 e. The molecule has 1 rings (SSSR count). The van der Waals surface area contributed by atoms with Gasteiger partial charge in [0.25, 0.3) is 0 Å². The summed E-state index contributed by atoms with van der Waals surface area (Å²) in [6.45, 7) is 0.264. The van der Waals surface area contributed by atoms with Crippen LogP contribution in [-0.2, 0) is 9.59 Å². The topological polar surface area (TPSA) is 58.2 Å². The number of carbonyl (C=O) groups is 2. The van der Waals surface area contributed by atoms with Crippen LogP contribution >= 0.6 is 0 Å². The largest absolute Gasteiger partial charge is 0.362 e. The summed E-state index contributed by atoms with van der Waals surface area (Å²) >= 11 is 0. The van der Waals surface area contributed by atoms with Crippen LogP contribution in [0.4, 0.5) is 0 Å². The molecular weight excluding hydrogens is 120 g/mol. The average Bonchev–Trinajstić information content (AvgIpc) is 2.17. The van der Waals surface area contributed by atoms with Crippen LogP contribution in [0.5, 0.6) is 0 Å². The van der Waals surface area contributed by atoms with E-state index in [-0.39, 0.29) is 12.5 Å². The molecule has 4 nitrogen and oxygen atoms in total. The molecule has 0 aromatic heterocycles. The van der Waals surface area contributed by atoms with Gasteiger partial charge in [0.15, 0.2) is 0 Å². The molecule has 0 bridgehead atoms. The molecule has 1 heterocycles. The fourth-order valence-corrected chi connectivity index (χ4v) is 0.583. The molecule has 0 saturated carbocycles. The van der Waals surface area contributed by atoms with E-state index in [9.17, 15) is 9.59 Å². The minimum atomic E-state index is -0.108. The van der Waals surface area contributed by atoms with Crippen molar-refractivity contribution in [1.29, 1.82) is 0 Å². The molecule has 0 atom stereocenters. The quantitative estimate of drug-likeness (QED) is 0.341. The summed E-state index contributed by atoms with van der Waals surface area (Å²) in [5, 5.41) is 5.11. The van der Waals surface area contributed by atoms with Crippen molar-refractivity contribution in [2.24, 2.45) is 0 Å². The molecule has 0 spiro atoms. The molecule has 0 unspecified atom stereocenters. The van der Waals surface area contributed by atoms with Gasteiger partial charge in [0.1, 0.15) is 12.1 Å². The number of nitrogens with one attached hydrogen (secondary N) is 2. The van der Waals surface area contributed by atoms with Gasteiger partial charge in [-0.1, -0.05) is 0 Å². The molecule has 0 radical (unpaired) electrons. The number of amides is 1. The zero-order valence-corrected chi connectivity index (χ0v) is 4.68. The van der Waals surface area contributed by atoms with Crippen LogP contribution in [-0.4, -0.2) is 18.7 Å². The van der Waals surface area contributed by atoms with E-state index < -0.39 is 0 Å². The highest BCUT2D eigenvalue weighted by Crippen LogP contribution is 1.87. The Balaban J connectivity index is 2.57. The predicted molar refractivity (Wildman–Crippen MR) is 30.3 cm³/mol. The van der Waals surface area contributed by atoms with Crippen molar-refractivity contribution < 1.29 is 9.59 Å². The van der Waals surface area contributed by atoms with E-state index in [1.807, 2.05) is 0 Å². The van der Waals surface area contributed by atoms with Crippen molar-refractivity contribution in [2.45, 2.75) is 0 Å². The van der Waals surface area contributed by atoms with Crippen LogP contribution in [0, 0.1) is 0 Å². The molecule has 0 aromatic carbocycles. The first-order valence-electron chi connectivity index (χ1n) is 2.52. The van der Waals surface area contributed by atoms with Crippen molar-refractivity contribution >= 4 is 12.2 Å². The van der Waals surface area contributed by atoms with E-state index >= 15 is 0 Å². The summed E-state index contributed by atoms with van der Waals surface area (Å²) in [5.41, 5.74) is 0. The lowest BCUT2D eigenvalue weighted by Crippen LogP contribution is -2.13. The number of carbonyl (C=O) groups excluding carboxylic acids is 2. The minimum Gasteiger partial charge on any atom is -0.362 e. The number of aldehydes is 1. The number of hydrogen-bond acceptors (Lipinski definition) is 3. The van der Waals surface area contributed by atoms with Gasteiger partial charge in [-0.15, -0.1) is 0 Å². The van der Waals surface area contributed by atoms with Crippen molar-refractivity contribution in [3.05, 3.63) is 11.9 Å². The van der Waals surface area contributed by atoms with Gasteiger partial charge in [0.05, 0.1) is 6.54 Å². The Labute approximate surface area is 51.9 Å². The monoisotopic (exact) mass is 126 g/mol. The molecule has 0 aliphatic carbocycles. The third-order valence-corrected chi connectivity index (χ3v) is 0.948. The Bertz CT molecular complexity index is 174. The summed E-state index contributed by atoms with van der Waals surface area (Å²) in [6.07, 6.45) is 1.89. The van der Waals surface area contributed by atoms with Gasteiger partial charge in [-0.2, -0.15) is 0 Å². The Morgan fingerprint density at radius 2 is 2.33 bits per heavy atom. The van der Waals surface area contributed by atoms with Gasteiger partial charge in [-0.3, -0.25) is 9.59 Å². The minimum absolute atomic E-state index is 0.108. The van der Waals surface area contributed by atoms with E-state index in [0.717, 1.165) is 0 Å². The van der Waals surface area contributed by atoms with E-state index in [0.29, 0.717) is 12.1 Å². The van der Waals surface area contributed by atoms with Gasteiger partial charge >= 0.3 is 0 Å². The number of rotatable bonds is 1. The van der Waals surface area contributed by atoms with Crippen LogP contribution in [0.3, 0.4) is 0 Å². The van der Waals surface area contributed by atoms with Crippen molar-refractivity contribution in [2.75, 3.05) is 6.54 Å². The molecule has 1 fully saturated rings. The van der Waals surface area contributed by atoms with Gasteiger partial charge in [-0.25, -0.2) is 0 Å². The van der Waals surface area contributed by atoms with Gasteiger partial charge in [0.2, 0.25) is 5.91 Å². The van der Waals surface area contributed by atoms with E-state index in [1.54, 1.807) is 0 Å². The van der Waals surface area contributed by atoms with E-state index in [2.05, 4.69) is 10.6 Å². The molecule has 9 heavy (non-hydrogen) atoms. The first-order chi connectivity index (χ1) is 4.33. The Morgan fingerprint density at radius 3 is 2.78 bits per heavy atom. The molecule has 0 aromatic rings. The van der Waals surface area contributed by atoms with Crippen molar-refractivity contribution in [1.82, 2.24) is 10.6 Å². The highest BCUT2D eigenvalue weighted by molar-refractivity contribution is 5.84. The molecule has 1 saturated heterocycles. The SMILES string of the molecule is O=C/C=C1/NCC(=O)N1. The van der Waals surface area contributed by atoms with Gasteiger partial charge in [0, 0.05) is 6.08 Å². The normalized spacial score (nSPS) is 21.3. The molecule has 1 aliphatic rings. The summed E-state index contributed by atoms with van der Waals surface area (Å²) in [6, 6.07) is 0. The maximum absolute atomic E-state index is 10.4. The Morgan fingerprint density at radius 1 is 1.56 bits per heavy atom. The summed E-state index contributed by atoms with van der Waals surface area (Å²) in [5.74, 6) is 0.373. The van der Waals surface area contributed by atoms with Crippen molar-refractivity contribution in [3.63, 3.8) is 0 Å². The summed E-state index contributed by atoms with van der Waals surface area (Å²) in [4.78, 5) is 20.2. The number of hydrogen-bond donors (Lipinski definition) is 2. The van der Waals surface area contributed by atoms with Crippen LogP contribution in [0.1, 0.15) is 0 Å².